The Morgan fingerprint density at radius 2 is 2.28 bits per heavy atom. The Morgan fingerprint density at radius 3 is 2.94 bits per heavy atom. The van der Waals surface area contributed by atoms with Crippen LogP contribution in [-0.4, -0.2) is 9.78 Å². The second-order valence-corrected chi connectivity index (χ2v) is 5.41. The van der Waals surface area contributed by atoms with Gasteiger partial charge < -0.3 is 5.32 Å². The quantitative estimate of drug-likeness (QED) is 0.896. The molecule has 18 heavy (non-hydrogen) atoms. The second-order valence-electron chi connectivity index (χ2n) is 4.12. The van der Waals surface area contributed by atoms with E-state index in [1.807, 2.05) is 29.1 Å². The zero-order chi connectivity index (χ0) is 13.1. The zero-order valence-corrected chi connectivity index (χ0v) is 12.7. The molecule has 96 valence electrons. The van der Waals surface area contributed by atoms with Crippen LogP contribution in [0.25, 0.3) is 0 Å². The average molecular weight is 329 g/mol. The lowest BCUT2D eigenvalue weighted by molar-refractivity contribution is 0.658. The third-order valence-electron chi connectivity index (χ3n) is 2.78. The molecule has 0 amide bonds. The van der Waals surface area contributed by atoms with Crippen molar-refractivity contribution in [2.24, 2.45) is 0 Å². The maximum absolute atomic E-state index is 6.00. The fraction of sp³-hybridized carbons (Fsp3) is 0.308. The fourth-order valence-electron chi connectivity index (χ4n) is 1.70. The predicted octanol–water partition coefficient (Wildman–Crippen LogP) is 4.49. The second kappa shape index (κ2) is 5.76. The van der Waals surface area contributed by atoms with Gasteiger partial charge in [-0.1, -0.05) is 11.6 Å². The van der Waals surface area contributed by atoms with Crippen molar-refractivity contribution in [1.29, 1.82) is 0 Å². The van der Waals surface area contributed by atoms with Gasteiger partial charge >= 0.3 is 0 Å². The number of hydrogen-bond acceptors (Lipinski definition) is 2. The van der Waals surface area contributed by atoms with Gasteiger partial charge in [0.1, 0.15) is 0 Å². The highest BCUT2D eigenvalue weighted by molar-refractivity contribution is 9.10. The highest BCUT2D eigenvalue weighted by Crippen LogP contribution is 2.29. The average Bonchev–Trinajstić information content (AvgIpc) is 2.82. The molecule has 0 spiro atoms. The van der Waals surface area contributed by atoms with Crippen molar-refractivity contribution < 1.29 is 0 Å². The molecule has 1 N–H and O–H groups in total. The first kappa shape index (κ1) is 13.4. The highest BCUT2D eigenvalue weighted by Gasteiger charge is 2.09. The molecule has 0 radical (unpaired) electrons. The number of nitrogens with one attached hydrogen (secondary N) is 1. The molecule has 2 rings (SSSR count). The van der Waals surface area contributed by atoms with Crippen LogP contribution in [0.5, 0.6) is 0 Å². The van der Waals surface area contributed by atoms with E-state index in [9.17, 15) is 0 Å². The lowest BCUT2D eigenvalue weighted by atomic mass is 10.2. The number of nitrogens with zero attached hydrogens (tertiary/aromatic N) is 2. The zero-order valence-electron chi connectivity index (χ0n) is 10.3. The van der Waals surface area contributed by atoms with Crippen LogP contribution in [0.1, 0.15) is 25.5 Å². The first-order chi connectivity index (χ1) is 8.60. The Morgan fingerprint density at radius 1 is 1.50 bits per heavy atom. The predicted molar refractivity (Wildman–Crippen MR) is 79.1 cm³/mol. The summed E-state index contributed by atoms with van der Waals surface area (Å²) in [7, 11) is 0. The first-order valence-corrected chi connectivity index (χ1v) is 7.01. The number of benzene rings is 1. The van der Waals surface area contributed by atoms with E-state index in [1.54, 1.807) is 0 Å². The molecule has 0 bridgehead atoms. The summed E-state index contributed by atoms with van der Waals surface area (Å²) in [6.45, 7) is 5.06. The van der Waals surface area contributed by atoms with E-state index in [-0.39, 0.29) is 6.04 Å². The topological polar surface area (TPSA) is 29.9 Å². The van der Waals surface area contributed by atoms with Gasteiger partial charge in [-0.05, 0) is 48.0 Å². The van der Waals surface area contributed by atoms with Gasteiger partial charge in [-0.25, -0.2) is 0 Å². The molecule has 0 aliphatic heterocycles. The summed E-state index contributed by atoms with van der Waals surface area (Å²) in [4.78, 5) is 0. The van der Waals surface area contributed by atoms with Gasteiger partial charge in [-0.2, -0.15) is 5.10 Å². The van der Waals surface area contributed by atoms with Crippen molar-refractivity contribution in [2.75, 3.05) is 5.32 Å². The first-order valence-electron chi connectivity index (χ1n) is 5.84. The van der Waals surface area contributed by atoms with Crippen molar-refractivity contribution >= 4 is 33.2 Å². The number of hydrogen-bond donors (Lipinski definition) is 1. The molecule has 1 heterocycles. The van der Waals surface area contributed by atoms with Gasteiger partial charge in [-0.15, -0.1) is 0 Å². The van der Waals surface area contributed by atoms with Crippen molar-refractivity contribution in [2.45, 2.75) is 26.4 Å². The van der Waals surface area contributed by atoms with Crippen LogP contribution in [0.3, 0.4) is 0 Å². The van der Waals surface area contributed by atoms with E-state index in [0.717, 1.165) is 27.3 Å². The standard InChI is InChI=1S/C13H15BrClN3/c1-3-18-8-10(7-16-18)9(2)17-13-6-11(15)4-5-12(13)14/h4-9,17H,3H2,1-2H3. The molecule has 0 aliphatic carbocycles. The molecule has 3 nitrogen and oxygen atoms in total. The summed E-state index contributed by atoms with van der Waals surface area (Å²) in [6.07, 6.45) is 3.94. The van der Waals surface area contributed by atoms with Gasteiger partial charge in [0, 0.05) is 27.8 Å². The minimum atomic E-state index is 0.181. The molecule has 1 atom stereocenters. The van der Waals surface area contributed by atoms with Crippen molar-refractivity contribution in [3.05, 3.63) is 45.7 Å². The van der Waals surface area contributed by atoms with Crippen molar-refractivity contribution in [3.63, 3.8) is 0 Å². The Bertz CT molecular complexity index is 539. The number of aryl methyl sites for hydroxylation is 1. The molecule has 2 aromatic rings. The van der Waals surface area contributed by atoms with Crippen LogP contribution in [0, 0.1) is 0 Å². The summed E-state index contributed by atoms with van der Waals surface area (Å²) in [5.74, 6) is 0. The van der Waals surface area contributed by atoms with Crippen LogP contribution in [0.15, 0.2) is 35.1 Å². The van der Waals surface area contributed by atoms with Gasteiger partial charge in [0.25, 0.3) is 0 Å². The maximum Gasteiger partial charge on any atom is 0.0542 e. The number of aromatic nitrogens is 2. The molecule has 1 unspecified atom stereocenters. The summed E-state index contributed by atoms with van der Waals surface area (Å²) in [6, 6.07) is 5.88. The van der Waals surface area contributed by atoms with Crippen LogP contribution in [-0.2, 0) is 6.54 Å². The van der Waals surface area contributed by atoms with Crippen molar-refractivity contribution in [3.8, 4) is 0 Å². The van der Waals surface area contributed by atoms with E-state index < -0.39 is 0 Å². The fourth-order valence-corrected chi connectivity index (χ4v) is 2.23. The van der Waals surface area contributed by atoms with Crippen LogP contribution < -0.4 is 5.32 Å². The molecule has 0 saturated carbocycles. The minimum absolute atomic E-state index is 0.181. The van der Waals surface area contributed by atoms with Crippen LogP contribution in [0.4, 0.5) is 5.69 Å². The monoisotopic (exact) mass is 327 g/mol. The number of anilines is 1. The van der Waals surface area contributed by atoms with E-state index in [2.05, 4.69) is 46.4 Å². The Kier molecular flexibility index (Phi) is 4.30. The minimum Gasteiger partial charge on any atom is -0.377 e. The summed E-state index contributed by atoms with van der Waals surface area (Å²) < 4.78 is 2.92. The van der Waals surface area contributed by atoms with E-state index in [0.29, 0.717) is 0 Å². The Balaban J connectivity index is 2.15. The van der Waals surface area contributed by atoms with Crippen LogP contribution >= 0.6 is 27.5 Å². The van der Waals surface area contributed by atoms with E-state index >= 15 is 0 Å². The molecule has 0 aliphatic rings. The molecule has 1 aromatic carbocycles. The Hall–Kier alpha value is -1.00. The molecular weight excluding hydrogens is 314 g/mol. The lowest BCUT2D eigenvalue weighted by Crippen LogP contribution is -2.06. The van der Waals surface area contributed by atoms with Crippen LogP contribution in [0.2, 0.25) is 5.02 Å². The summed E-state index contributed by atoms with van der Waals surface area (Å²) in [5.41, 5.74) is 2.14. The normalized spacial score (nSPS) is 12.4. The van der Waals surface area contributed by atoms with E-state index in [1.165, 1.54) is 0 Å². The lowest BCUT2D eigenvalue weighted by Gasteiger charge is -2.15. The maximum atomic E-state index is 6.00. The van der Waals surface area contributed by atoms with Gasteiger partial charge in [0.05, 0.1) is 17.9 Å². The number of rotatable bonds is 4. The highest BCUT2D eigenvalue weighted by atomic mass is 79.9. The summed E-state index contributed by atoms with van der Waals surface area (Å²) >= 11 is 9.50. The van der Waals surface area contributed by atoms with Gasteiger partial charge in [-0.3, -0.25) is 4.68 Å². The molecule has 1 aromatic heterocycles. The van der Waals surface area contributed by atoms with Crippen molar-refractivity contribution in [1.82, 2.24) is 9.78 Å². The summed E-state index contributed by atoms with van der Waals surface area (Å²) in [5, 5.41) is 8.42. The third-order valence-corrected chi connectivity index (χ3v) is 3.70. The van der Waals surface area contributed by atoms with Gasteiger partial charge in [0.2, 0.25) is 0 Å². The third kappa shape index (κ3) is 3.06. The molecular formula is C13H15BrClN3. The largest absolute Gasteiger partial charge is 0.377 e. The van der Waals surface area contributed by atoms with E-state index in [4.69, 9.17) is 11.6 Å². The smallest absolute Gasteiger partial charge is 0.0542 e. The SMILES string of the molecule is CCn1cc(C(C)Nc2cc(Cl)ccc2Br)cn1. The number of halogens is 2. The van der Waals surface area contributed by atoms with Gasteiger partial charge in [0.15, 0.2) is 0 Å². The Labute approximate surface area is 120 Å². The molecule has 0 fully saturated rings. The molecule has 0 saturated heterocycles. The molecule has 5 heteroatoms.